The topological polar surface area (TPSA) is 61.8 Å². The lowest BCUT2D eigenvalue weighted by Crippen LogP contribution is -2.29. The summed E-state index contributed by atoms with van der Waals surface area (Å²) in [5.74, 6) is -0.386. The summed E-state index contributed by atoms with van der Waals surface area (Å²) in [5.41, 5.74) is 0. The molecule has 0 aromatic carbocycles. The summed E-state index contributed by atoms with van der Waals surface area (Å²) >= 11 is 0. The number of rotatable bonds is 49. The average Bonchev–Trinajstić information content (AvgIpc) is 3.28. The second-order valence-electron chi connectivity index (χ2n) is 17.8. The normalized spacial score (nSPS) is 12.6. The molecule has 1 atom stereocenters. The van der Waals surface area contributed by atoms with E-state index in [9.17, 15) is 9.59 Å². The predicted molar refractivity (Wildman–Crippen MR) is 270 cm³/mol. The van der Waals surface area contributed by atoms with Gasteiger partial charge >= 0.3 is 11.9 Å². The van der Waals surface area contributed by atoms with Crippen molar-refractivity contribution >= 4 is 11.9 Å². The number of hydrogen-bond donors (Lipinski definition) is 0. The van der Waals surface area contributed by atoms with Crippen molar-refractivity contribution < 1.29 is 23.8 Å². The van der Waals surface area contributed by atoms with Crippen LogP contribution in [0.3, 0.4) is 0 Å². The van der Waals surface area contributed by atoms with E-state index in [1.165, 1.54) is 154 Å². The fraction of sp³-hybridized carbons (Fsp3) is 0.789. The van der Waals surface area contributed by atoms with Crippen molar-refractivity contribution in [3.63, 3.8) is 0 Å². The van der Waals surface area contributed by atoms with Gasteiger partial charge < -0.3 is 14.2 Å². The van der Waals surface area contributed by atoms with E-state index < -0.39 is 6.10 Å². The highest BCUT2D eigenvalue weighted by Gasteiger charge is 2.16. The van der Waals surface area contributed by atoms with E-state index in [-0.39, 0.29) is 25.2 Å². The molecule has 0 amide bonds. The van der Waals surface area contributed by atoms with Gasteiger partial charge in [0.1, 0.15) is 19.3 Å². The molecule has 0 fully saturated rings. The molecular formula is C57H102O5. The first-order valence-electron chi connectivity index (χ1n) is 26.8. The lowest BCUT2D eigenvalue weighted by atomic mass is 10.0. The number of esters is 2. The predicted octanol–water partition coefficient (Wildman–Crippen LogP) is 18.1. The van der Waals surface area contributed by atoms with E-state index in [1.54, 1.807) is 0 Å². The monoisotopic (exact) mass is 867 g/mol. The van der Waals surface area contributed by atoms with Crippen LogP contribution >= 0.6 is 0 Å². The molecule has 5 nitrogen and oxygen atoms in total. The van der Waals surface area contributed by atoms with Crippen LogP contribution in [0.5, 0.6) is 0 Å². The molecule has 0 aromatic rings. The molecule has 0 rings (SSSR count). The van der Waals surface area contributed by atoms with Gasteiger partial charge in [-0.05, 0) is 89.9 Å². The molecule has 0 spiro atoms. The van der Waals surface area contributed by atoms with Gasteiger partial charge in [0.2, 0.25) is 0 Å². The van der Waals surface area contributed by atoms with Crippen molar-refractivity contribution in [2.45, 2.75) is 271 Å². The second kappa shape index (κ2) is 52.9. The molecule has 0 aliphatic carbocycles. The van der Waals surface area contributed by atoms with Crippen LogP contribution in [0.1, 0.15) is 265 Å². The van der Waals surface area contributed by atoms with Gasteiger partial charge in [0.25, 0.3) is 0 Å². The van der Waals surface area contributed by atoms with Crippen molar-refractivity contribution in [3.8, 4) is 0 Å². The number of ether oxygens (including phenoxy) is 3. The van der Waals surface area contributed by atoms with Gasteiger partial charge in [-0.1, -0.05) is 223 Å². The third-order valence-corrected chi connectivity index (χ3v) is 11.6. The van der Waals surface area contributed by atoms with Gasteiger partial charge in [0.15, 0.2) is 0 Å². The Bertz CT molecular complexity index is 1070. The van der Waals surface area contributed by atoms with E-state index in [1.807, 2.05) is 0 Å². The maximum atomic E-state index is 12.6. The van der Waals surface area contributed by atoms with Gasteiger partial charge in [-0.2, -0.15) is 0 Å². The van der Waals surface area contributed by atoms with Gasteiger partial charge in [-0.25, -0.2) is 0 Å². The lowest BCUT2D eigenvalue weighted by molar-refractivity contribution is -0.155. The van der Waals surface area contributed by atoms with Crippen LogP contribution in [-0.2, 0) is 23.8 Å². The number of carbonyl (C=O) groups excluding carboxylic acids is 2. The third-order valence-electron chi connectivity index (χ3n) is 11.6. The van der Waals surface area contributed by atoms with E-state index >= 15 is 0 Å². The molecule has 5 heteroatoms. The van der Waals surface area contributed by atoms with Gasteiger partial charge in [-0.3, -0.25) is 9.59 Å². The minimum atomic E-state index is -0.420. The maximum absolute atomic E-state index is 12.6. The Labute approximate surface area is 385 Å². The molecule has 0 aliphatic heterocycles. The largest absolute Gasteiger partial charge is 0.463 e. The summed E-state index contributed by atoms with van der Waals surface area (Å²) in [4.78, 5) is 25.2. The summed E-state index contributed by atoms with van der Waals surface area (Å²) in [6, 6.07) is 0. The van der Waals surface area contributed by atoms with Crippen LogP contribution in [-0.4, -0.2) is 37.9 Å². The summed E-state index contributed by atoms with van der Waals surface area (Å²) in [6.07, 6.45) is 66.8. The Morgan fingerprint density at radius 2 is 0.613 bits per heavy atom. The zero-order valence-corrected chi connectivity index (χ0v) is 41.4. The van der Waals surface area contributed by atoms with E-state index in [4.69, 9.17) is 14.2 Å². The van der Waals surface area contributed by atoms with Gasteiger partial charge in [-0.15, -0.1) is 0 Å². The molecular weight excluding hydrogens is 765 g/mol. The van der Waals surface area contributed by atoms with Crippen LogP contribution in [0.2, 0.25) is 0 Å². The van der Waals surface area contributed by atoms with Gasteiger partial charge in [0.05, 0.1) is 0 Å². The molecule has 0 heterocycles. The van der Waals surface area contributed by atoms with Crippen molar-refractivity contribution in [1.29, 1.82) is 0 Å². The van der Waals surface area contributed by atoms with Crippen molar-refractivity contribution in [2.75, 3.05) is 19.8 Å². The first-order valence-corrected chi connectivity index (χ1v) is 26.8. The lowest BCUT2D eigenvalue weighted by Gasteiger charge is -2.18. The molecule has 0 aromatic heterocycles. The first-order chi connectivity index (χ1) is 30.6. The van der Waals surface area contributed by atoms with Gasteiger partial charge in [0, 0.05) is 19.4 Å². The quantitative estimate of drug-likeness (QED) is 0.0346. The SMILES string of the molecule is CCCCC/C=C\C/C=C\C/C=C\CCCCC(=O)OC[C@H](COC(=O)CCCCCCC/C=C\C/C=C\CCCCC)OCCCCCCCCCCCCCCCCCC. The number of hydrogen-bond acceptors (Lipinski definition) is 5. The smallest absolute Gasteiger partial charge is 0.305 e. The van der Waals surface area contributed by atoms with Crippen molar-refractivity contribution in [1.82, 2.24) is 0 Å². The zero-order chi connectivity index (χ0) is 44.9. The molecule has 62 heavy (non-hydrogen) atoms. The first kappa shape index (κ1) is 59.6. The summed E-state index contributed by atoms with van der Waals surface area (Å²) in [7, 11) is 0. The highest BCUT2D eigenvalue weighted by Crippen LogP contribution is 2.15. The summed E-state index contributed by atoms with van der Waals surface area (Å²) in [6.45, 7) is 7.64. The van der Waals surface area contributed by atoms with E-state index in [0.29, 0.717) is 19.4 Å². The zero-order valence-electron chi connectivity index (χ0n) is 41.4. The van der Waals surface area contributed by atoms with Crippen LogP contribution in [0.25, 0.3) is 0 Å². The summed E-state index contributed by atoms with van der Waals surface area (Å²) < 4.78 is 17.4. The van der Waals surface area contributed by atoms with Crippen LogP contribution in [0.4, 0.5) is 0 Å². The Kier molecular flexibility index (Phi) is 50.9. The van der Waals surface area contributed by atoms with Crippen LogP contribution in [0.15, 0.2) is 60.8 Å². The third kappa shape index (κ3) is 50.2. The van der Waals surface area contributed by atoms with E-state index in [0.717, 1.165) is 77.0 Å². The Morgan fingerprint density at radius 3 is 1.02 bits per heavy atom. The molecule has 0 saturated heterocycles. The van der Waals surface area contributed by atoms with E-state index in [2.05, 4.69) is 81.5 Å². The molecule has 0 aliphatic rings. The molecule has 0 unspecified atom stereocenters. The molecule has 0 bridgehead atoms. The highest BCUT2D eigenvalue weighted by atomic mass is 16.6. The minimum absolute atomic E-state index is 0.134. The molecule has 0 saturated carbocycles. The molecule has 360 valence electrons. The van der Waals surface area contributed by atoms with Crippen LogP contribution < -0.4 is 0 Å². The fourth-order valence-corrected chi connectivity index (χ4v) is 7.46. The molecule has 0 radical (unpaired) electrons. The Morgan fingerprint density at radius 1 is 0.339 bits per heavy atom. The number of carbonyl (C=O) groups is 2. The number of unbranched alkanes of at least 4 members (excludes halogenated alkanes) is 28. The maximum Gasteiger partial charge on any atom is 0.305 e. The Hall–Kier alpha value is -2.40. The minimum Gasteiger partial charge on any atom is -0.463 e. The second-order valence-corrected chi connectivity index (χ2v) is 17.8. The standard InChI is InChI=1S/C57H102O5/c1-4-7-10-13-16-19-22-25-28-31-34-37-40-43-46-49-52-60-55(53-61-56(58)50-47-44-41-38-35-32-29-26-23-20-17-14-11-8-5-2)54-62-57(59)51-48-45-42-39-36-33-30-27-24-21-18-15-12-9-6-3/h17-18,20-21,26-27,29-30,35,38,55H,4-16,19,22-25,28,31-34,36-37,39-54H2,1-3H3/b20-17-,21-18-,29-26-,30-27-,38-35-/t55-/m1/s1. The summed E-state index contributed by atoms with van der Waals surface area (Å²) in [5, 5.41) is 0. The highest BCUT2D eigenvalue weighted by molar-refractivity contribution is 5.69. The van der Waals surface area contributed by atoms with Crippen LogP contribution in [0, 0.1) is 0 Å². The van der Waals surface area contributed by atoms with Crippen molar-refractivity contribution in [3.05, 3.63) is 60.8 Å². The molecule has 0 N–H and O–H groups in total. The van der Waals surface area contributed by atoms with Crippen molar-refractivity contribution in [2.24, 2.45) is 0 Å². The Balaban J connectivity index is 4.33. The number of allylic oxidation sites excluding steroid dienone is 10. The fourth-order valence-electron chi connectivity index (χ4n) is 7.46. The average molecular weight is 867 g/mol.